The van der Waals surface area contributed by atoms with Crippen LogP contribution in [0.15, 0.2) is 12.7 Å². The molecule has 0 spiro atoms. The second kappa shape index (κ2) is 5.11. The van der Waals surface area contributed by atoms with Crippen molar-refractivity contribution in [2.24, 2.45) is 0 Å². The minimum absolute atomic E-state index is 0. The molecule has 0 aromatic carbocycles. The Bertz CT molecular complexity index is 292. The van der Waals surface area contributed by atoms with Gasteiger partial charge in [0.25, 0.3) is 0 Å². The van der Waals surface area contributed by atoms with Crippen LogP contribution in [-0.2, 0) is 19.6 Å². The predicted octanol–water partition coefficient (Wildman–Crippen LogP) is -3.00. The van der Waals surface area contributed by atoms with Crippen LogP contribution in [0.5, 0.6) is 0 Å². The van der Waals surface area contributed by atoms with E-state index >= 15 is 0 Å². The van der Waals surface area contributed by atoms with Crippen molar-refractivity contribution < 1.29 is 52.1 Å². The van der Waals surface area contributed by atoms with Crippen molar-refractivity contribution in [1.29, 1.82) is 0 Å². The van der Waals surface area contributed by atoms with Crippen LogP contribution in [0.1, 0.15) is 13.8 Å². The van der Waals surface area contributed by atoms with Gasteiger partial charge in [0, 0.05) is 6.08 Å². The molecule has 0 bridgehead atoms. The number of esters is 1. The maximum absolute atomic E-state index is 10.5. The van der Waals surface area contributed by atoms with Crippen molar-refractivity contribution in [3.63, 3.8) is 0 Å². The fourth-order valence-electron chi connectivity index (χ4n) is 0.335. The third kappa shape index (κ3) is 4.78. The average molecular weight is 216 g/mol. The maximum Gasteiger partial charge on any atom is 1.00 e. The van der Waals surface area contributed by atoms with E-state index in [0.29, 0.717) is 0 Å². The number of hydrogen-bond acceptors (Lipinski definition) is 5. The molecule has 0 aliphatic rings. The standard InChI is InChI=1S/C6H10O5S.Na/c1-4-5(7)11-6(2,3)12(8,9)10;/h4H,1H2,2-3H3,(H,8,9,10);/q;+1/p-1. The molecule has 70 valence electrons. The first-order chi connectivity index (χ1) is 5.20. The molecule has 7 heteroatoms. The molecule has 0 aliphatic heterocycles. The van der Waals surface area contributed by atoms with Crippen molar-refractivity contribution in [3.8, 4) is 0 Å². The number of carbonyl (C=O) groups is 1. The Morgan fingerprint density at radius 3 is 2.15 bits per heavy atom. The Morgan fingerprint density at radius 2 is 1.92 bits per heavy atom. The van der Waals surface area contributed by atoms with Gasteiger partial charge in [-0.1, -0.05) is 6.58 Å². The molecule has 0 amide bonds. The molecule has 0 radical (unpaired) electrons. The van der Waals surface area contributed by atoms with Crippen LogP contribution in [0.3, 0.4) is 0 Å². The van der Waals surface area contributed by atoms with Gasteiger partial charge in [0.05, 0.1) is 0 Å². The molecule has 0 fully saturated rings. The molecule has 0 aromatic heterocycles. The van der Waals surface area contributed by atoms with Crippen LogP contribution < -0.4 is 29.6 Å². The third-order valence-electron chi connectivity index (χ3n) is 1.12. The van der Waals surface area contributed by atoms with Crippen LogP contribution in [0.25, 0.3) is 0 Å². The molecule has 0 unspecified atom stereocenters. The summed E-state index contributed by atoms with van der Waals surface area (Å²) in [6.07, 6.45) is 0.785. The fourth-order valence-corrected chi connectivity index (χ4v) is 0.519. The quantitative estimate of drug-likeness (QED) is 0.217. The molecule has 0 aliphatic carbocycles. The molecule has 0 heterocycles. The van der Waals surface area contributed by atoms with Crippen molar-refractivity contribution in [1.82, 2.24) is 0 Å². The second-order valence-corrected chi connectivity index (χ2v) is 4.37. The van der Waals surface area contributed by atoms with E-state index in [1.165, 1.54) is 0 Å². The molecular weight excluding hydrogens is 207 g/mol. The monoisotopic (exact) mass is 216 g/mol. The molecule has 0 saturated heterocycles. The first kappa shape index (κ1) is 15.6. The van der Waals surface area contributed by atoms with Gasteiger partial charge in [-0.05, 0) is 13.8 Å². The summed E-state index contributed by atoms with van der Waals surface area (Å²) in [6.45, 7) is 5.05. The van der Waals surface area contributed by atoms with E-state index in [4.69, 9.17) is 0 Å². The summed E-state index contributed by atoms with van der Waals surface area (Å²) in [5.41, 5.74) is 0. The predicted molar refractivity (Wildman–Crippen MR) is 40.1 cm³/mol. The fraction of sp³-hybridized carbons (Fsp3) is 0.500. The van der Waals surface area contributed by atoms with Gasteiger partial charge < -0.3 is 9.29 Å². The molecule has 13 heavy (non-hydrogen) atoms. The van der Waals surface area contributed by atoms with Crippen LogP contribution in [0, 0.1) is 0 Å². The minimum Gasteiger partial charge on any atom is -0.745 e. The summed E-state index contributed by atoms with van der Waals surface area (Å²) in [6, 6.07) is 0. The Kier molecular flexibility index (Phi) is 6.13. The molecule has 0 rings (SSSR count). The normalized spacial score (nSPS) is 11.3. The number of hydrogen-bond donors (Lipinski definition) is 0. The van der Waals surface area contributed by atoms with Crippen LogP contribution in [-0.4, -0.2) is 23.9 Å². The van der Waals surface area contributed by atoms with Crippen molar-refractivity contribution >= 4 is 16.1 Å². The van der Waals surface area contributed by atoms with Crippen LogP contribution in [0.4, 0.5) is 0 Å². The van der Waals surface area contributed by atoms with E-state index in [0.717, 1.165) is 19.9 Å². The van der Waals surface area contributed by atoms with E-state index in [-0.39, 0.29) is 29.6 Å². The van der Waals surface area contributed by atoms with Crippen LogP contribution in [0.2, 0.25) is 0 Å². The van der Waals surface area contributed by atoms with E-state index in [2.05, 4.69) is 11.3 Å². The van der Waals surface area contributed by atoms with E-state index in [9.17, 15) is 17.8 Å². The van der Waals surface area contributed by atoms with Crippen molar-refractivity contribution in [2.75, 3.05) is 0 Å². The number of carbonyl (C=O) groups excluding carboxylic acids is 1. The van der Waals surface area contributed by atoms with E-state index in [1.54, 1.807) is 0 Å². The van der Waals surface area contributed by atoms with Gasteiger partial charge in [-0.3, -0.25) is 0 Å². The van der Waals surface area contributed by atoms with Gasteiger partial charge in [0.15, 0.2) is 4.93 Å². The number of ether oxygens (including phenoxy) is 1. The third-order valence-corrected chi connectivity index (χ3v) is 2.40. The second-order valence-electron chi connectivity index (χ2n) is 2.48. The molecular formula is C6H9NaO5S. The van der Waals surface area contributed by atoms with Gasteiger partial charge in [0.1, 0.15) is 10.1 Å². The number of rotatable bonds is 3. The van der Waals surface area contributed by atoms with Crippen molar-refractivity contribution in [3.05, 3.63) is 12.7 Å². The first-order valence-electron chi connectivity index (χ1n) is 3.01. The Hall–Kier alpha value is 0.120. The molecule has 0 atom stereocenters. The van der Waals surface area contributed by atoms with Crippen molar-refractivity contribution in [2.45, 2.75) is 18.8 Å². The summed E-state index contributed by atoms with van der Waals surface area (Å²) in [4.78, 5) is 8.49. The summed E-state index contributed by atoms with van der Waals surface area (Å²) < 4.78 is 35.6. The Morgan fingerprint density at radius 1 is 1.54 bits per heavy atom. The SMILES string of the molecule is C=CC(=O)OC(C)(C)S(=O)(=O)[O-].[Na+]. The molecule has 0 N–H and O–H groups in total. The van der Waals surface area contributed by atoms with E-state index in [1.807, 2.05) is 0 Å². The zero-order valence-corrected chi connectivity index (χ0v) is 10.6. The summed E-state index contributed by atoms with van der Waals surface area (Å²) in [7, 11) is -4.65. The molecule has 0 aromatic rings. The largest absolute Gasteiger partial charge is 1.00 e. The van der Waals surface area contributed by atoms with Gasteiger partial charge in [-0.25, -0.2) is 13.2 Å². The first-order valence-corrected chi connectivity index (χ1v) is 4.42. The average Bonchev–Trinajstić information content (AvgIpc) is 1.84. The maximum atomic E-state index is 10.5. The van der Waals surface area contributed by atoms with Gasteiger partial charge in [-0.2, -0.15) is 0 Å². The zero-order chi connectivity index (χ0) is 9.99. The Balaban J connectivity index is 0. The summed E-state index contributed by atoms with van der Waals surface area (Å²) >= 11 is 0. The molecule has 0 saturated carbocycles. The van der Waals surface area contributed by atoms with Crippen LogP contribution >= 0.6 is 0 Å². The summed E-state index contributed by atoms with van der Waals surface area (Å²) in [5, 5.41) is 0. The topological polar surface area (TPSA) is 83.5 Å². The van der Waals surface area contributed by atoms with Gasteiger partial charge in [0.2, 0.25) is 0 Å². The van der Waals surface area contributed by atoms with Gasteiger partial charge >= 0.3 is 35.5 Å². The molecule has 5 nitrogen and oxygen atoms in total. The van der Waals surface area contributed by atoms with Gasteiger partial charge in [-0.15, -0.1) is 0 Å². The smallest absolute Gasteiger partial charge is 0.745 e. The Labute approximate surface area is 99.2 Å². The van der Waals surface area contributed by atoms with E-state index < -0.39 is 21.0 Å². The summed E-state index contributed by atoms with van der Waals surface area (Å²) in [5.74, 6) is -0.945. The zero-order valence-electron chi connectivity index (χ0n) is 7.73. The minimum atomic E-state index is -4.65.